The minimum Gasteiger partial charge on any atom is -0.469 e. The van der Waals surface area contributed by atoms with Crippen LogP contribution in [0.4, 0.5) is 4.39 Å². The first-order valence-electron chi connectivity index (χ1n) is 9.17. The van der Waals surface area contributed by atoms with E-state index in [2.05, 4.69) is 19.2 Å². The smallest absolute Gasteiger partial charge is 0.123 e. The molecule has 2 aromatic rings. The van der Waals surface area contributed by atoms with Crippen molar-refractivity contribution in [3.05, 3.63) is 59.8 Å². The Morgan fingerprint density at radius 3 is 2.72 bits per heavy atom. The Balaban J connectivity index is 1.54. The van der Waals surface area contributed by atoms with Gasteiger partial charge in [-0.2, -0.15) is 0 Å². The van der Waals surface area contributed by atoms with Crippen molar-refractivity contribution in [2.45, 2.75) is 44.6 Å². The van der Waals surface area contributed by atoms with Crippen LogP contribution >= 0.6 is 0 Å². The number of furan rings is 1. The molecule has 25 heavy (non-hydrogen) atoms. The lowest BCUT2D eigenvalue weighted by atomic mass is 9.88. The zero-order chi connectivity index (χ0) is 17.7. The van der Waals surface area contributed by atoms with Gasteiger partial charge in [0, 0.05) is 12.5 Å². The van der Waals surface area contributed by atoms with Crippen LogP contribution in [0.1, 0.15) is 50.4 Å². The van der Waals surface area contributed by atoms with E-state index in [0.717, 1.165) is 50.3 Å². The van der Waals surface area contributed by atoms with Crippen LogP contribution in [0.5, 0.6) is 0 Å². The van der Waals surface area contributed by atoms with Crippen molar-refractivity contribution in [2.75, 3.05) is 19.7 Å². The molecular formula is C21H28FNO2. The summed E-state index contributed by atoms with van der Waals surface area (Å²) >= 11 is 0. The quantitative estimate of drug-likeness (QED) is 0.736. The average Bonchev–Trinajstić information content (AvgIpc) is 3.09. The summed E-state index contributed by atoms with van der Waals surface area (Å²) in [4.78, 5) is 0. The Morgan fingerprint density at radius 1 is 1.24 bits per heavy atom. The highest BCUT2D eigenvalue weighted by molar-refractivity contribution is 5.27. The van der Waals surface area contributed by atoms with Gasteiger partial charge in [0.2, 0.25) is 0 Å². The normalized spacial score (nSPS) is 21.2. The van der Waals surface area contributed by atoms with E-state index in [-0.39, 0.29) is 17.3 Å². The molecule has 4 heteroatoms. The molecule has 1 fully saturated rings. The zero-order valence-electron chi connectivity index (χ0n) is 15.1. The van der Waals surface area contributed by atoms with Crippen LogP contribution in [-0.4, -0.2) is 25.3 Å². The Hall–Kier alpha value is -1.65. The van der Waals surface area contributed by atoms with Crippen LogP contribution < -0.4 is 5.32 Å². The fourth-order valence-corrected chi connectivity index (χ4v) is 3.74. The fraction of sp³-hybridized carbons (Fsp3) is 0.524. The molecule has 1 N–H and O–H groups in total. The first-order chi connectivity index (χ1) is 12.0. The number of halogens is 1. The maximum atomic E-state index is 13.2. The maximum absolute atomic E-state index is 13.2. The van der Waals surface area contributed by atoms with Gasteiger partial charge in [-0.3, -0.25) is 0 Å². The van der Waals surface area contributed by atoms with Crippen molar-refractivity contribution in [3.8, 4) is 0 Å². The van der Waals surface area contributed by atoms with E-state index in [0.29, 0.717) is 5.92 Å². The Kier molecular flexibility index (Phi) is 5.92. The van der Waals surface area contributed by atoms with Gasteiger partial charge in [0.25, 0.3) is 0 Å². The molecule has 0 amide bonds. The van der Waals surface area contributed by atoms with Crippen molar-refractivity contribution < 1.29 is 13.5 Å². The van der Waals surface area contributed by atoms with Crippen LogP contribution in [0.3, 0.4) is 0 Å². The molecule has 1 aliphatic rings. The highest BCUT2D eigenvalue weighted by atomic mass is 19.1. The van der Waals surface area contributed by atoms with Crippen molar-refractivity contribution in [2.24, 2.45) is 5.92 Å². The van der Waals surface area contributed by atoms with E-state index in [1.54, 1.807) is 6.26 Å². The van der Waals surface area contributed by atoms with Crippen molar-refractivity contribution in [1.82, 2.24) is 5.32 Å². The summed E-state index contributed by atoms with van der Waals surface area (Å²) in [6.07, 6.45) is 4.84. The molecule has 0 unspecified atom stereocenters. The summed E-state index contributed by atoms with van der Waals surface area (Å²) in [6, 6.07) is 10.6. The number of benzene rings is 1. The summed E-state index contributed by atoms with van der Waals surface area (Å²) in [5, 5.41) is 3.60. The van der Waals surface area contributed by atoms with Crippen LogP contribution in [0, 0.1) is 11.7 Å². The number of rotatable bonds is 7. The van der Waals surface area contributed by atoms with E-state index in [1.807, 2.05) is 24.3 Å². The largest absolute Gasteiger partial charge is 0.469 e. The van der Waals surface area contributed by atoms with Crippen molar-refractivity contribution in [3.63, 3.8) is 0 Å². The third-order valence-corrected chi connectivity index (χ3v) is 5.00. The molecular weight excluding hydrogens is 317 g/mol. The Morgan fingerprint density at radius 2 is 2.04 bits per heavy atom. The topological polar surface area (TPSA) is 34.4 Å². The summed E-state index contributed by atoms with van der Waals surface area (Å²) in [6.45, 7) is 7.10. The van der Waals surface area contributed by atoms with Gasteiger partial charge in [-0.25, -0.2) is 4.39 Å². The third-order valence-electron chi connectivity index (χ3n) is 5.00. The van der Waals surface area contributed by atoms with Gasteiger partial charge in [0.15, 0.2) is 0 Å². The van der Waals surface area contributed by atoms with Gasteiger partial charge < -0.3 is 14.5 Å². The van der Waals surface area contributed by atoms with Gasteiger partial charge in [-0.15, -0.1) is 0 Å². The molecule has 0 radical (unpaired) electrons. The van der Waals surface area contributed by atoms with Gasteiger partial charge in [0.1, 0.15) is 11.6 Å². The molecule has 1 aromatic carbocycles. The van der Waals surface area contributed by atoms with Crippen LogP contribution in [0.15, 0.2) is 47.1 Å². The summed E-state index contributed by atoms with van der Waals surface area (Å²) < 4.78 is 24.6. The minimum absolute atomic E-state index is 0.00455. The molecule has 0 saturated carbocycles. The van der Waals surface area contributed by atoms with Crippen LogP contribution in [-0.2, 0) is 4.74 Å². The second-order valence-electron chi connectivity index (χ2n) is 7.58. The summed E-state index contributed by atoms with van der Waals surface area (Å²) in [7, 11) is 0. The van der Waals surface area contributed by atoms with E-state index in [1.165, 1.54) is 12.1 Å². The lowest BCUT2D eigenvalue weighted by Gasteiger charge is -2.35. The second kappa shape index (κ2) is 8.15. The first kappa shape index (κ1) is 18.2. The minimum atomic E-state index is -0.206. The lowest BCUT2D eigenvalue weighted by molar-refractivity contribution is -0.0717. The van der Waals surface area contributed by atoms with E-state index in [4.69, 9.17) is 9.15 Å². The SMILES string of the molecule is CC1(C)C[C@H](CNCC[C@H](c2ccc(F)cc2)c2ccco2)CCO1. The molecule has 1 aromatic heterocycles. The molecule has 0 spiro atoms. The van der Waals surface area contributed by atoms with E-state index in [9.17, 15) is 4.39 Å². The molecule has 0 bridgehead atoms. The molecule has 1 aliphatic heterocycles. The molecule has 0 aliphatic carbocycles. The van der Waals surface area contributed by atoms with E-state index < -0.39 is 0 Å². The van der Waals surface area contributed by atoms with E-state index >= 15 is 0 Å². The monoisotopic (exact) mass is 345 g/mol. The van der Waals surface area contributed by atoms with Gasteiger partial charge >= 0.3 is 0 Å². The second-order valence-corrected chi connectivity index (χ2v) is 7.58. The lowest BCUT2D eigenvalue weighted by Crippen LogP contribution is -2.38. The highest BCUT2D eigenvalue weighted by Gasteiger charge is 2.28. The Labute approximate surface area is 149 Å². The maximum Gasteiger partial charge on any atom is 0.123 e. The average molecular weight is 345 g/mol. The fourth-order valence-electron chi connectivity index (χ4n) is 3.74. The number of hydrogen-bond acceptors (Lipinski definition) is 3. The first-order valence-corrected chi connectivity index (χ1v) is 9.17. The van der Waals surface area contributed by atoms with Crippen molar-refractivity contribution >= 4 is 0 Å². The van der Waals surface area contributed by atoms with Crippen LogP contribution in [0.2, 0.25) is 0 Å². The summed E-state index contributed by atoms with van der Waals surface area (Å²) in [5.41, 5.74) is 1.08. The molecule has 136 valence electrons. The highest BCUT2D eigenvalue weighted by Crippen LogP contribution is 2.29. The van der Waals surface area contributed by atoms with Gasteiger partial charge in [0.05, 0.1) is 11.9 Å². The molecule has 3 nitrogen and oxygen atoms in total. The molecule has 3 rings (SSSR count). The number of ether oxygens (including phenoxy) is 1. The molecule has 2 atom stereocenters. The van der Waals surface area contributed by atoms with Crippen LogP contribution in [0.25, 0.3) is 0 Å². The zero-order valence-corrected chi connectivity index (χ0v) is 15.1. The predicted octanol–water partition coefficient (Wildman–Crippen LogP) is 4.74. The molecule has 1 saturated heterocycles. The van der Waals surface area contributed by atoms with Gasteiger partial charge in [-0.05, 0) is 81.9 Å². The third kappa shape index (κ3) is 5.16. The predicted molar refractivity (Wildman–Crippen MR) is 97.2 cm³/mol. The standard InChI is InChI=1S/C21H28FNO2/c1-21(2)14-16(10-13-25-21)15-23-11-9-19(20-4-3-12-24-20)17-5-7-18(22)8-6-17/h3-8,12,16,19,23H,9-11,13-15H2,1-2H3/t16-,19-/m1/s1. The molecule has 2 heterocycles. The van der Waals surface area contributed by atoms with Crippen molar-refractivity contribution in [1.29, 1.82) is 0 Å². The van der Waals surface area contributed by atoms with Gasteiger partial charge in [-0.1, -0.05) is 12.1 Å². The number of nitrogens with one attached hydrogen (secondary N) is 1. The summed E-state index contributed by atoms with van der Waals surface area (Å²) in [5.74, 6) is 1.54. The Bertz CT molecular complexity index is 636. The number of hydrogen-bond donors (Lipinski definition) is 1.